The molecule has 0 saturated carbocycles. The Labute approximate surface area is 99.5 Å². The summed E-state index contributed by atoms with van der Waals surface area (Å²) in [7, 11) is 0. The van der Waals surface area contributed by atoms with Crippen molar-refractivity contribution in [2.24, 2.45) is 0 Å². The fraction of sp³-hybridized carbons (Fsp3) is 0.455. The summed E-state index contributed by atoms with van der Waals surface area (Å²) in [5.74, 6) is 1.06. The molecule has 0 bridgehead atoms. The Bertz CT molecular complexity index is 456. The smallest absolute Gasteiger partial charge is 0.240 e. The molecule has 0 aliphatic rings. The second-order valence-electron chi connectivity index (χ2n) is 3.80. The number of hydrogen-bond acceptors (Lipinski definition) is 6. The first-order valence-electron chi connectivity index (χ1n) is 5.62. The lowest BCUT2D eigenvalue weighted by Gasteiger charge is -2.07. The van der Waals surface area contributed by atoms with E-state index in [0.29, 0.717) is 30.0 Å². The molecule has 0 aliphatic carbocycles. The Balaban J connectivity index is 2.01. The van der Waals surface area contributed by atoms with Crippen LogP contribution in [0.3, 0.4) is 0 Å². The molecule has 1 N–H and O–H groups in total. The summed E-state index contributed by atoms with van der Waals surface area (Å²) >= 11 is 0. The summed E-state index contributed by atoms with van der Waals surface area (Å²) in [6.45, 7) is 4.81. The van der Waals surface area contributed by atoms with Crippen LogP contribution in [0.1, 0.15) is 26.2 Å². The summed E-state index contributed by atoms with van der Waals surface area (Å²) in [6, 6.07) is 2.18. The van der Waals surface area contributed by atoms with Gasteiger partial charge in [0.2, 0.25) is 11.7 Å². The van der Waals surface area contributed by atoms with E-state index in [9.17, 15) is 0 Å². The quantitative estimate of drug-likeness (QED) is 0.841. The second-order valence-corrected chi connectivity index (χ2v) is 3.80. The van der Waals surface area contributed by atoms with Crippen LogP contribution in [0, 0.1) is 0 Å². The molecule has 2 heterocycles. The van der Waals surface area contributed by atoms with E-state index in [1.165, 1.54) is 6.33 Å². The average Bonchev–Trinajstić information content (AvgIpc) is 2.86. The molecule has 0 amide bonds. The van der Waals surface area contributed by atoms with Gasteiger partial charge in [0.1, 0.15) is 12.0 Å². The van der Waals surface area contributed by atoms with Gasteiger partial charge in [0.25, 0.3) is 0 Å². The molecule has 0 fully saturated rings. The lowest BCUT2D eigenvalue weighted by atomic mass is 10.3. The molecule has 1 atom stereocenters. The third kappa shape index (κ3) is 3.07. The van der Waals surface area contributed by atoms with Crippen molar-refractivity contribution in [3.63, 3.8) is 0 Å². The predicted molar refractivity (Wildman–Crippen MR) is 61.9 cm³/mol. The molecule has 17 heavy (non-hydrogen) atoms. The highest BCUT2D eigenvalue weighted by molar-refractivity contribution is 5.46. The van der Waals surface area contributed by atoms with Gasteiger partial charge in [0.05, 0.1) is 6.54 Å². The van der Waals surface area contributed by atoms with Crippen LogP contribution in [-0.4, -0.2) is 26.2 Å². The number of rotatable bonds is 5. The van der Waals surface area contributed by atoms with Crippen LogP contribution < -0.4 is 5.32 Å². The normalized spacial score (nSPS) is 12.6. The van der Waals surface area contributed by atoms with Crippen LogP contribution >= 0.6 is 0 Å². The summed E-state index contributed by atoms with van der Waals surface area (Å²) in [6.07, 6.45) is 4.17. The number of aromatic nitrogens is 4. The third-order valence-electron chi connectivity index (χ3n) is 2.49. The lowest BCUT2D eigenvalue weighted by Crippen LogP contribution is -2.24. The van der Waals surface area contributed by atoms with Crippen molar-refractivity contribution in [1.29, 1.82) is 0 Å². The summed E-state index contributed by atoms with van der Waals surface area (Å²) < 4.78 is 5.13. The Kier molecular flexibility index (Phi) is 3.77. The summed E-state index contributed by atoms with van der Waals surface area (Å²) in [5.41, 5.74) is 0.665. The topological polar surface area (TPSA) is 76.7 Å². The highest BCUT2D eigenvalue weighted by Crippen LogP contribution is 2.10. The van der Waals surface area contributed by atoms with Crippen LogP contribution in [0.2, 0.25) is 0 Å². The van der Waals surface area contributed by atoms with E-state index in [0.717, 1.165) is 6.42 Å². The van der Waals surface area contributed by atoms with Gasteiger partial charge in [0.15, 0.2) is 0 Å². The van der Waals surface area contributed by atoms with Gasteiger partial charge in [0, 0.05) is 12.2 Å². The Hall–Kier alpha value is -1.82. The van der Waals surface area contributed by atoms with E-state index >= 15 is 0 Å². The first-order valence-corrected chi connectivity index (χ1v) is 5.62. The highest BCUT2D eigenvalue weighted by Gasteiger charge is 2.09. The summed E-state index contributed by atoms with van der Waals surface area (Å²) in [4.78, 5) is 12.2. The van der Waals surface area contributed by atoms with Gasteiger partial charge in [-0.2, -0.15) is 4.98 Å². The minimum absolute atomic E-state index is 0.435. The van der Waals surface area contributed by atoms with Gasteiger partial charge in [-0.15, -0.1) is 0 Å². The molecule has 0 saturated heterocycles. The molecule has 90 valence electrons. The first-order chi connectivity index (χ1) is 8.29. The monoisotopic (exact) mass is 233 g/mol. The van der Waals surface area contributed by atoms with Crippen molar-refractivity contribution in [3.8, 4) is 11.5 Å². The van der Waals surface area contributed by atoms with Gasteiger partial charge >= 0.3 is 0 Å². The van der Waals surface area contributed by atoms with Crippen LogP contribution in [0.25, 0.3) is 11.5 Å². The van der Waals surface area contributed by atoms with E-state index in [-0.39, 0.29) is 0 Å². The van der Waals surface area contributed by atoms with E-state index < -0.39 is 0 Å². The van der Waals surface area contributed by atoms with Gasteiger partial charge < -0.3 is 9.84 Å². The maximum atomic E-state index is 5.13. The van der Waals surface area contributed by atoms with Crippen molar-refractivity contribution in [1.82, 2.24) is 25.4 Å². The molecule has 2 aromatic heterocycles. The van der Waals surface area contributed by atoms with Crippen molar-refractivity contribution in [2.45, 2.75) is 32.9 Å². The van der Waals surface area contributed by atoms with E-state index in [1.54, 1.807) is 12.3 Å². The van der Waals surface area contributed by atoms with E-state index in [2.05, 4.69) is 39.3 Å². The van der Waals surface area contributed by atoms with Crippen molar-refractivity contribution in [2.75, 3.05) is 0 Å². The molecule has 6 nitrogen and oxygen atoms in total. The Morgan fingerprint density at radius 3 is 3.06 bits per heavy atom. The molecule has 1 unspecified atom stereocenters. The average molecular weight is 233 g/mol. The molecule has 0 aliphatic heterocycles. The fourth-order valence-corrected chi connectivity index (χ4v) is 1.26. The van der Waals surface area contributed by atoms with Crippen LogP contribution in [-0.2, 0) is 6.54 Å². The maximum Gasteiger partial charge on any atom is 0.240 e. The minimum Gasteiger partial charge on any atom is -0.337 e. The van der Waals surface area contributed by atoms with Crippen LogP contribution in [0.15, 0.2) is 23.1 Å². The zero-order valence-electron chi connectivity index (χ0n) is 9.92. The molecular formula is C11H15N5O. The van der Waals surface area contributed by atoms with Crippen molar-refractivity contribution < 1.29 is 4.52 Å². The Morgan fingerprint density at radius 1 is 1.47 bits per heavy atom. The molecule has 2 rings (SSSR count). The van der Waals surface area contributed by atoms with Gasteiger partial charge in [-0.05, 0) is 19.4 Å². The molecule has 2 aromatic rings. The Morgan fingerprint density at radius 2 is 2.35 bits per heavy atom. The zero-order chi connectivity index (χ0) is 12.1. The standard InChI is InChI=1S/C11H15N5O/c1-3-8(2)13-6-10-15-11(16-17-10)9-4-5-12-7-14-9/h4-5,7-8,13H,3,6H2,1-2H3. The molecule has 0 aromatic carbocycles. The van der Waals surface area contributed by atoms with Crippen LogP contribution in [0.4, 0.5) is 0 Å². The van der Waals surface area contributed by atoms with E-state index in [1.807, 2.05) is 0 Å². The largest absolute Gasteiger partial charge is 0.337 e. The number of hydrogen-bond donors (Lipinski definition) is 1. The van der Waals surface area contributed by atoms with E-state index in [4.69, 9.17) is 4.52 Å². The second kappa shape index (κ2) is 5.49. The van der Waals surface area contributed by atoms with Gasteiger partial charge in [-0.1, -0.05) is 12.1 Å². The first kappa shape index (κ1) is 11.7. The third-order valence-corrected chi connectivity index (χ3v) is 2.49. The zero-order valence-corrected chi connectivity index (χ0v) is 9.92. The summed E-state index contributed by atoms with van der Waals surface area (Å²) in [5, 5.41) is 7.16. The van der Waals surface area contributed by atoms with Crippen LogP contribution in [0.5, 0.6) is 0 Å². The lowest BCUT2D eigenvalue weighted by molar-refractivity contribution is 0.358. The number of nitrogens with one attached hydrogen (secondary N) is 1. The molecule has 6 heteroatoms. The van der Waals surface area contributed by atoms with Crippen molar-refractivity contribution >= 4 is 0 Å². The van der Waals surface area contributed by atoms with Gasteiger partial charge in [-0.25, -0.2) is 9.97 Å². The maximum absolute atomic E-state index is 5.13. The fourth-order valence-electron chi connectivity index (χ4n) is 1.26. The molecular weight excluding hydrogens is 218 g/mol. The van der Waals surface area contributed by atoms with Crippen molar-refractivity contribution in [3.05, 3.63) is 24.5 Å². The molecule has 0 spiro atoms. The number of nitrogens with zero attached hydrogens (tertiary/aromatic N) is 4. The molecule has 0 radical (unpaired) electrons. The SMILES string of the molecule is CCC(C)NCc1nc(-c2ccncn2)no1. The highest BCUT2D eigenvalue weighted by atomic mass is 16.5. The minimum atomic E-state index is 0.435. The van der Waals surface area contributed by atoms with Gasteiger partial charge in [-0.3, -0.25) is 0 Å². The predicted octanol–water partition coefficient (Wildman–Crippen LogP) is 1.41.